The van der Waals surface area contributed by atoms with Crippen LogP contribution >= 0.6 is 11.3 Å². The van der Waals surface area contributed by atoms with Gasteiger partial charge in [-0.3, -0.25) is 29.3 Å². The number of thiazole rings is 1. The van der Waals surface area contributed by atoms with Gasteiger partial charge in [0.1, 0.15) is 18.8 Å². The first kappa shape index (κ1) is 42.8. The van der Waals surface area contributed by atoms with Crippen LogP contribution in [-0.4, -0.2) is 114 Å². The maximum Gasteiger partial charge on any atom is 0.324 e. The number of cyclic esters (lactones) is 1. The lowest BCUT2D eigenvalue weighted by Crippen LogP contribution is -2.60. The monoisotopic (exact) mass is 868 g/mol. The van der Waals surface area contributed by atoms with Crippen molar-refractivity contribution in [2.75, 3.05) is 64.6 Å². The zero-order valence-corrected chi connectivity index (χ0v) is 37.8. The lowest BCUT2D eigenvalue weighted by atomic mass is 9.84. The Labute approximate surface area is 367 Å². The molecule has 62 heavy (non-hydrogen) atoms. The zero-order valence-electron chi connectivity index (χ0n) is 37.0. The highest BCUT2D eigenvalue weighted by Gasteiger charge is 2.49. The molecule has 0 radical (unpaired) electrons. The molecule has 3 aromatic heterocycles. The molecule has 1 saturated carbocycles. The van der Waals surface area contributed by atoms with E-state index in [-0.39, 0.29) is 55.4 Å². The van der Waals surface area contributed by atoms with Gasteiger partial charge in [-0.05, 0) is 80.2 Å². The van der Waals surface area contributed by atoms with Gasteiger partial charge >= 0.3 is 5.97 Å². The quantitative estimate of drug-likeness (QED) is 0.200. The number of hydrogen-bond acceptors (Lipinski definition) is 11. The standard InChI is InChI=1S/C47H61FN8O5S/c1-27-28(2)40(27)44(57)51-37-22-39-50-38(25-62-39)31-19-30-9-7-12-55-42(30)33(20-31)35(23-47(4,5)26-61-46(59)36-10-8-13-56(52-36)45(37)58)43(55)34-21-32(24-49-41(34)29(3)60-6)54-17-15-53(14-11-48)16-18-54/h19-21,24-25,27-29,36-37,40,52H,7-18,22-23,26H2,1-6H3,(H,51,57)/t27-,28+,29-,36-,37-,40?/m0/s1. The van der Waals surface area contributed by atoms with Crippen LogP contribution in [0, 0.1) is 23.2 Å². The molecule has 15 heteroatoms. The first-order valence-corrected chi connectivity index (χ1v) is 23.5. The van der Waals surface area contributed by atoms with E-state index >= 15 is 0 Å². The van der Waals surface area contributed by atoms with Crippen LogP contribution in [0.1, 0.15) is 81.8 Å². The second kappa shape index (κ2) is 17.3. The van der Waals surface area contributed by atoms with Crippen molar-refractivity contribution in [2.45, 2.75) is 97.9 Å². The number of rotatable bonds is 8. The third kappa shape index (κ3) is 8.25. The first-order valence-electron chi connectivity index (χ1n) is 22.6. The molecule has 6 bridgehead atoms. The van der Waals surface area contributed by atoms with Crippen molar-refractivity contribution >= 4 is 45.7 Å². The number of alkyl halides is 1. The van der Waals surface area contributed by atoms with Crippen LogP contribution in [0.2, 0.25) is 0 Å². The van der Waals surface area contributed by atoms with Crippen molar-refractivity contribution < 1.29 is 28.2 Å². The van der Waals surface area contributed by atoms with Gasteiger partial charge in [-0.1, -0.05) is 27.7 Å². The number of aromatic nitrogens is 3. The number of aryl methyl sites for hydroxylation is 2. The van der Waals surface area contributed by atoms with Crippen molar-refractivity contribution in [1.82, 2.24) is 35.2 Å². The lowest BCUT2D eigenvalue weighted by molar-refractivity contribution is -0.155. The summed E-state index contributed by atoms with van der Waals surface area (Å²) in [6, 6.07) is 5.28. The number of nitrogens with one attached hydrogen (secondary N) is 2. The summed E-state index contributed by atoms with van der Waals surface area (Å²) in [5, 5.41) is 8.56. The Kier molecular flexibility index (Phi) is 11.9. The molecule has 332 valence electrons. The molecule has 2 N–H and O–H groups in total. The van der Waals surface area contributed by atoms with Gasteiger partial charge in [0.25, 0.3) is 5.91 Å². The average Bonchev–Trinajstić information content (AvgIpc) is 3.53. The lowest BCUT2D eigenvalue weighted by Gasteiger charge is -2.36. The number of anilines is 1. The second-order valence-corrected chi connectivity index (χ2v) is 20.0. The molecule has 4 aromatic rings. The van der Waals surface area contributed by atoms with Gasteiger partial charge in [-0.2, -0.15) is 0 Å². The zero-order chi connectivity index (χ0) is 43.4. The average molecular weight is 869 g/mol. The van der Waals surface area contributed by atoms with Crippen LogP contribution in [-0.2, 0) is 49.7 Å². The predicted octanol–water partition coefficient (Wildman–Crippen LogP) is 6.12. The third-order valence-corrected chi connectivity index (χ3v) is 15.0. The van der Waals surface area contributed by atoms with Crippen LogP contribution in [0.4, 0.5) is 10.1 Å². The van der Waals surface area contributed by atoms with E-state index in [4.69, 9.17) is 19.4 Å². The van der Waals surface area contributed by atoms with Crippen LogP contribution in [0.3, 0.4) is 0 Å². The summed E-state index contributed by atoms with van der Waals surface area (Å²) in [5.41, 5.74) is 12.2. The summed E-state index contributed by atoms with van der Waals surface area (Å²) in [5.74, 6) is -0.404. The summed E-state index contributed by atoms with van der Waals surface area (Å²) in [7, 11) is 1.72. The number of carbonyl (C=O) groups excluding carboxylic acids is 3. The Morgan fingerprint density at radius 3 is 2.63 bits per heavy atom. The highest BCUT2D eigenvalue weighted by atomic mass is 32.1. The molecular weight excluding hydrogens is 808 g/mol. The molecule has 2 amide bonds. The normalized spacial score (nSPS) is 26.0. The van der Waals surface area contributed by atoms with Gasteiger partial charge < -0.3 is 24.3 Å². The molecule has 6 atom stereocenters. The van der Waals surface area contributed by atoms with Crippen molar-refractivity contribution in [3.05, 3.63) is 51.6 Å². The van der Waals surface area contributed by atoms with Crippen LogP contribution in [0.15, 0.2) is 29.8 Å². The van der Waals surface area contributed by atoms with Crippen LogP contribution < -0.4 is 15.6 Å². The van der Waals surface area contributed by atoms with E-state index in [0.29, 0.717) is 32.4 Å². The van der Waals surface area contributed by atoms with Gasteiger partial charge in [-0.25, -0.2) is 14.8 Å². The van der Waals surface area contributed by atoms with Gasteiger partial charge in [0.2, 0.25) is 5.91 Å². The molecule has 0 spiro atoms. The van der Waals surface area contributed by atoms with E-state index in [0.717, 1.165) is 95.4 Å². The maximum atomic E-state index is 14.3. The number of carbonyl (C=O) groups is 3. The first-order chi connectivity index (χ1) is 29.8. The SMILES string of the molecule is CO[C@@H](C)c1ncc(N2CCN(CCF)CC2)cc1-c1c2c3cc(cc4c3n1CCC4)-c1csc(n1)C[C@H](NC(=O)C1[C@@H](C)[C@H]1C)C(=O)N1CCC[C@H](N1)C(=O)OCC(C)(C)C2. The number of esters is 1. The summed E-state index contributed by atoms with van der Waals surface area (Å²) < 4.78 is 27.9. The molecule has 3 fully saturated rings. The number of amides is 2. The summed E-state index contributed by atoms with van der Waals surface area (Å²) >= 11 is 1.50. The smallest absolute Gasteiger partial charge is 0.324 e. The molecule has 1 unspecified atom stereocenters. The van der Waals surface area contributed by atoms with E-state index in [1.807, 2.05) is 13.1 Å². The number of nitrogens with zero attached hydrogens (tertiary/aromatic N) is 6. The fourth-order valence-corrected chi connectivity index (χ4v) is 11.1. The molecule has 1 aliphatic carbocycles. The van der Waals surface area contributed by atoms with E-state index in [2.05, 4.69) is 76.4 Å². The number of piperazine rings is 1. The minimum Gasteiger partial charge on any atom is -0.464 e. The van der Waals surface area contributed by atoms with Crippen molar-refractivity contribution in [2.24, 2.45) is 23.2 Å². The van der Waals surface area contributed by atoms with Gasteiger partial charge in [-0.15, -0.1) is 11.3 Å². The largest absolute Gasteiger partial charge is 0.464 e. The molecule has 4 aliphatic heterocycles. The minimum atomic E-state index is -0.847. The predicted molar refractivity (Wildman–Crippen MR) is 238 cm³/mol. The highest BCUT2D eigenvalue weighted by Crippen LogP contribution is 2.47. The molecule has 1 aromatic carbocycles. The van der Waals surface area contributed by atoms with E-state index in [9.17, 15) is 18.8 Å². The number of pyridine rings is 1. The number of ether oxygens (including phenoxy) is 2. The fourth-order valence-electron chi connectivity index (χ4n) is 10.3. The number of hydrazine groups is 1. The minimum absolute atomic E-state index is 0.116. The fraction of sp³-hybridized carbons (Fsp3) is 0.596. The van der Waals surface area contributed by atoms with Crippen molar-refractivity contribution in [3.8, 4) is 22.5 Å². The van der Waals surface area contributed by atoms with E-state index in [1.54, 1.807) is 7.11 Å². The summed E-state index contributed by atoms with van der Waals surface area (Å²) in [6.07, 6.45) is 5.55. The molecule has 9 rings (SSSR count). The Bertz CT molecular complexity index is 2350. The van der Waals surface area contributed by atoms with Crippen LogP contribution in [0.25, 0.3) is 33.4 Å². The summed E-state index contributed by atoms with van der Waals surface area (Å²) in [4.78, 5) is 56.5. The Balaban J connectivity index is 1.17. The Hall–Kier alpha value is -4.44. The van der Waals surface area contributed by atoms with E-state index in [1.165, 1.54) is 27.4 Å². The Morgan fingerprint density at radius 2 is 1.89 bits per heavy atom. The van der Waals surface area contributed by atoms with Gasteiger partial charge in [0, 0.05) is 92.6 Å². The number of hydrogen-bond donors (Lipinski definition) is 2. The highest BCUT2D eigenvalue weighted by molar-refractivity contribution is 7.10. The summed E-state index contributed by atoms with van der Waals surface area (Å²) in [6.45, 7) is 15.1. The van der Waals surface area contributed by atoms with Crippen LogP contribution in [0.5, 0.6) is 0 Å². The molecular formula is C47H61FN8O5S. The Morgan fingerprint density at radius 1 is 1.10 bits per heavy atom. The topological polar surface area (TPSA) is 134 Å². The second-order valence-electron chi connectivity index (χ2n) is 19.0. The third-order valence-electron chi connectivity index (χ3n) is 14.2. The number of halogens is 1. The molecule has 2 saturated heterocycles. The number of benzene rings is 1. The maximum absolute atomic E-state index is 14.3. The van der Waals surface area contributed by atoms with Gasteiger partial charge in [0.15, 0.2) is 0 Å². The number of methoxy groups -OCH3 is 1. The van der Waals surface area contributed by atoms with E-state index < -0.39 is 23.5 Å². The number of fused-ring (bicyclic) bond motifs is 6. The molecule has 7 heterocycles. The van der Waals surface area contributed by atoms with Crippen molar-refractivity contribution in [1.29, 1.82) is 0 Å². The van der Waals surface area contributed by atoms with Gasteiger partial charge in [0.05, 0.1) is 52.2 Å². The molecule has 13 nitrogen and oxygen atoms in total. The van der Waals surface area contributed by atoms with Crippen molar-refractivity contribution in [3.63, 3.8) is 0 Å². The molecule has 5 aliphatic rings.